The van der Waals surface area contributed by atoms with E-state index in [-0.39, 0.29) is 0 Å². The average Bonchev–Trinajstić information content (AvgIpc) is 2.69. The number of nitrogens with zero attached hydrogens (tertiary/aromatic N) is 1. The minimum Gasteiger partial charge on any atom is -0.490 e. The van der Waals surface area contributed by atoms with Crippen molar-refractivity contribution in [1.82, 2.24) is 0 Å². The third kappa shape index (κ3) is 5.61. The topological polar surface area (TPSA) is 30.8 Å². The lowest BCUT2D eigenvalue weighted by atomic mass is 10.1. The summed E-state index contributed by atoms with van der Waals surface area (Å²) in [6.07, 6.45) is 1.81. The minimum absolute atomic E-state index is 0.427. The fraction of sp³-hybridized carbons (Fsp3) is 0.240. The summed E-state index contributed by atoms with van der Waals surface area (Å²) in [7, 11) is 0. The monoisotopic (exact) mass is 407 g/mol. The highest BCUT2D eigenvalue weighted by molar-refractivity contribution is 6.32. The zero-order chi connectivity index (χ0) is 20.8. The van der Waals surface area contributed by atoms with Crippen LogP contribution in [0.25, 0.3) is 0 Å². The van der Waals surface area contributed by atoms with Crippen LogP contribution < -0.4 is 9.47 Å². The lowest BCUT2D eigenvalue weighted by molar-refractivity contribution is 0.269. The molecule has 0 bridgehead atoms. The average molecular weight is 408 g/mol. The Kier molecular flexibility index (Phi) is 6.95. The lowest BCUT2D eigenvalue weighted by Crippen LogP contribution is -2.01. The summed E-state index contributed by atoms with van der Waals surface area (Å²) in [4.78, 5) is 4.63. The molecule has 0 fully saturated rings. The van der Waals surface area contributed by atoms with E-state index >= 15 is 0 Å². The van der Waals surface area contributed by atoms with E-state index < -0.39 is 0 Å². The maximum absolute atomic E-state index is 6.53. The summed E-state index contributed by atoms with van der Waals surface area (Å²) in [6.45, 7) is 9.06. The quantitative estimate of drug-likeness (QED) is 0.395. The molecule has 4 heteroatoms. The molecule has 0 heterocycles. The molecule has 0 radical (unpaired) electrons. The Morgan fingerprint density at radius 2 is 1.62 bits per heavy atom. The van der Waals surface area contributed by atoms with Crippen LogP contribution in [0.15, 0.2) is 59.6 Å². The number of ether oxygens (including phenoxy) is 2. The van der Waals surface area contributed by atoms with Crippen LogP contribution >= 0.6 is 11.6 Å². The van der Waals surface area contributed by atoms with Gasteiger partial charge in [-0.3, -0.25) is 4.99 Å². The smallest absolute Gasteiger partial charge is 0.180 e. The molecule has 0 unspecified atom stereocenters. The van der Waals surface area contributed by atoms with Gasteiger partial charge in [-0.1, -0.05) is 53.6 Å². The van der Waals surface area contributed by atoms with Crippen LogP contribution in [0.4, 0.5) is 5.69 Å². The van der Waals surface area contributed by atoms with Crippen LogP contribution in [0.2, 0.25) is 5.02 Å². The first kappa shape index (κ1) is 20.9. The largest absolute Gasteiger partial charge is 0.490 e. The molecule has 0 amide bonds. The van der Waals surface area contributed by atoms with Gasteiger partial charge in [0.05, 0.1) is 17.3 Å². The third-order valence-corrected chi connectivity index (χ3v) is 4.83. The summed E-state index contributed by atoms with van der Waals surface area (Å²) in [5.41, 5.74) is 6.40. The molecule has 29 heavy (non-hydrogen) atoms. The van der Waals surface area contributed by atoms with Crippen molar-refractivity contribution in [2.45, 2.75) is 34.3 Å². The van der Waals surface area contributed by atoms with Gasteiger partial charge in [-0.25, -0.2) is 0 Å². The lowest BCUT2D eigenvalue weighted by Gasteiger charge is -2.14. The third-order valence-electron chi connectivity index (χ3n) is 4.55. The number of aliphatic imine (C=N–C) groups is 1. The van der Waals surface area contributed by atoms with Crippen molar-refractivity contribution < 1.29 is 9.47 Å². The van der Waals surface area contributed by atoms with Crippen LogP contribution in [0.5, 0.6) is 11.5 Å². The van der Waals surface area contributed by atoms with Crippen LogP contribution in [0, 0.1) is 20.8 Å². The zero-order valence-corrected chi connectivity index (χ0v) is 18.1. The van der Waals surface area contributed by atoms with Crippen molar-refractivity contribution in [1.29, 1.82) is 0 Å². The Morgan fingerprint density at radius 3 is 2.34 bits per heavy atom. The molecule has 150 valence electrons. The highest BCUT2D eigenvalue weighted by Crippen LogP contribution is 2.37. The molecular weight excluding hydrogens is 382 g/mol. The standard InChI is InChI=1S/C25H26ClNO2/c1-5-28-24-14-21(15-27-23-12-18(3)6-9-19(23)4)13-22(26)25(24)29-16-20-10-7-17(2)8-11-20/h6-15H,5,16H2,1-4H3. The molecule has 3 aromatic rings. The molecule has 0 aliphatic heterocycles. The van der Waals surface area contributed by atoms with Crippen molar-refractivity contribution in [3.05, 3.63) is 87.4 Å². The fourth-order valence-corrected chi connectivity index (χ4v) is 3.18. The molecule has 3 nitrogen and oxygen atoms in total. The van der Waals surface area contributed by atoms with Gasteiger partial charge in [0.25, 0.3) is 0 Å². The summed E-state index contributed by atoms with van der Waals surface area (Å²) in [5, 5.41) is 0.505. The Balaban J connectivity index is 1.84. The normalized spacial score (nSPS) is 11.1. The molecule has 0 saturated heterocycles. The van der Waals surface area contributed by atoms with Gasteiger partial charge in [-0.2, -0.15) is 0 Å². The van der Waals surface area contributed by atoms with Gasteiger partial charge >= 0.3 is 0 Å². The Morgan fingerprint density at radius 1 is 0.897 bits per heavy atom. The van der Waals surface area contributed by atoms with Crippen molar-refractivity contribution in [2.24, 2.45) is 4.99 Å². The Hall–Kier alpha value is -2.78. The van der Waals surface area contributed by atoms with Crippen LogP contribution in [-0.2, 0) is 6.61 Å². The maximum atomic E-state index is 6.53. The van der Waals surface area contributed by atoms with Gasteiger partial charge in [0.1, 0.15) is 6.61 Å². The van der Waals surface area contributed by atoms with Crippen molar-refractivity contribution in [3.8, 4) is 11.5 Å². The van der Waals surface area contributed by atoms with E-state index in [4.69, 9.17) is 21.1 Å². The van der Waals surface area contributed by atoms with Gasteiger partial charge in [-0.05, 0) is 68.1 Å². The molecule has 0 saturated carbocycles. The molecular formula is C25H26ClNO2. The first-order valence-electron chi connectivity index (χ1n) is 9.72. The zero-order valence-electron chi connectivity index (χ0n) is 17.3. The second kappa shape index (κ2) is 9.62. The Bertz CT molecular complexity index is 1010. The van der Waals surface area contributed by atoms with Gasteiger partial charge in [-0.15, -0.1) is 0 Å². The number of hydrogen-bond donors (Lipinski definition) is 0. The molecule has 0 atom stereocenters. The van der Waals surface area contributed by atoms with Crippen molar-refractivity contribution in [2.75, 3.05) is 6.61 Å². The van der Waals surface area contributed by atoms with E-state index in [2.05, 4.69) is 61.3 Å². The van der Waals surface area contributed by atoms with Gasteiger partial charge < -0.3 is 9.47 Å². The minimum atomic E-state index is 0.427. The van der Waals surface area contributed by atoms with Crippen LogP contribution in [-0.4, -0.2) is 12.8 Å². The fourth-order valence-electron chi connectivity index (χ4n) is 2.91. The number of aryl methyl sites for hydroxylation is 3. The van der Waals surface area contributed by atoms with E-state index in [0.717, 1.165) is 22.4 Å². The highest BCUT2D eigenvalue weighted by Gasteiger charge is 2.12. The SMILES string of the molecule is CCOc1cc(C=Nc2cc(C)ccc2C)cc(Cl)c1OCc1ccc(C)cc1. The second-order valence-corrected chi connectivity index (χ2v) is 7.49. The first-order valence-corrected chi connectivity index (χ1v) is 10.1. The number of hydrogen-bond acceptors (Lipinski definition) is 3. The van der Waals surface area contributed by atoms with E-state index in [1.165, 1.54) is 11.1 Å². The van der Waals surface area contributed by atoms with E-state index in [1.54, 1.807) is 6.21 Å². The molecule has 0 N–H and O–H groups in total. The summed E-state index contributed by atoms with van der Waals surface area (Å²) < 4.78 is 11.8. The number of halogens is 1. The predicted octanol–water partition coefficient (Wildman–Crippen LogP) is 6.99. The van der Waals surface area contributed by atoms with Crippen molar-refractivity contribution >= 4 is 23.5 Å². The van der Waals surface area contributed by atoms with E-state index in [9.17, 15) is 0 Å². The maximum Gasteiger partial charge on any atom is 0.180 e. The Labute approximate surface area is 178 Å². The van der Waals surface area contributed by atoms with E-state index in [1.807, 2.05) is 26.0 Å². The summed E-state index contributed by atoms with van der Waals surface area (Å²) in [6, 6.07) is 18.2. The molecule has 3 rings (SSSR count). The van der Waals surface area contributed by atoms with Gasteiger partial charge in [0.15, 0.2) is 11.5 Å². The van der Waals surface area contributed by atoms with Crippen LogP contribution in [0.3, 0.4) is 0 Å². The van der Waals surface area contributed by atoms with Crippen molar-refractivity contribution in [3.63, 3.8) is 0 Å². The van der Waals surface area contributed by atoms with Gasteiger partial charge in [0.2, 0.25) is 0 Å². The molecule has 0 aliphatic rings. The number of benzene rings is 3. The molecule has 0 aliphatic carbocycles. The van der Waals surface area contributed by atoms with Crippen LogP contribution in [0.1, 0.15) is 34.7 Å². The molecule has 0 aromatic heterocycles. The number of rotatable bonds is 7. The molecule has 3 aromatic carbocycles. The molecule has 0 spiro atoms. The van der Waals surface area contributed by atoms with E-state index in [0.29, 0.717) is 29.7 Å². The second-order valence-electron chi connectivity index (χ2n) is 7.09. The summed E-state index contributed by atoms with van der Waals surface area (Å²) >= 11 is 6.53. The highest BCUT2D eigenvalue weighted by atomic mass is 35.5. The predicted molar refractivity (Wildman–Crippen MR) is 121 cm³/mol. The first-order chi connectivity index (χ1) is 14.0. The summed E-state index contributed by atoms with van der Waals surface area (Å²) in [5.74, 6) is 1.17. The van der Waals surface area contributed by atoms with Gasteiger partial charge in [0, 0.05) is 6.21 Å².